The topological polar surface area (TPSA) is 12.9 Å². The molecule has 0 unspecified atom stereocenters. The van der Waals surface area contributed by atoms with Crippen molar-refractivity contribution in [1.29, 1.82) is 0 Å². The molecule has 1 aromatic carbocycles. The number of nitrogens with zero attached hydrogens (tertiary/aromatic N) is 1. The van der Waals surface area contributed by atoms with E-state index in [2.05, 4.69) is 17.2 Å². The summed E-state index contributed by atoms with van der Waals surface area (Å²) in [5.41, 5.74) is 0. The standard InChI is InChI=1S/C9H5N/c1-2-4-9-7-10-6-5-8(9)3-1/h1,3-6H. The number of benzene rings is 1. The largest absolute Gasteiger partial charge is 0.254 e. The predicted octanol–water partition coefficient (Wildman–Crippen LogP) is 1.84. The Morgan fingerprint density at radius 1 is 1.30 bits per heavy atom. The van der Waals surface area contributed by atoms with Gasteiger partial charge in [-0.05, 0) is 23.6 Å². The molecule has 0 aliphatic rings. The summed E-state index contributed by atoms with van der Waals surface area (Å²) in [4.78, 5) is 3.87. The lowest BCUT2D eigenvalue weighted by Crippen LogP contribution is -1.72. The van der Waals surface area contributed by atoms with Crippen LogP contribution in [0.1, 0.15) is 0 Å². The molecule has 0 spiro atoms. The summed E-state index contributed by atoms with van der Waals surface area (Å²) >= 11 is 0. The second-order valence-electron chi connectivity index (χ2n) is 2.07. The molecule has 0 saturated heterocycles. The van der Waals surface area contributed by atoms with Gasteiger partial charge >= 0.3 is 0 Å². The van der Waals surface area contributed by atoms with E-state index < -0.39 is 0 Å². The molecule has 0 aliphatic heterocycles. The van der Waals surface area contributed by atoms with Crippen LogP contribution in [0, 0.1) is 12.3 Å². The summed E-state index contributed by atoms with van der Waals surface area (Å²) in [5.74, 6) is 0. The van der Waals surface area contributed by atoms with E-state index in [0.29, 0.717) is 0 Å². The van der Waals surface area contributed by atoms with Gasteiger partial charge in [0.25, 0.3) is 0 Å². The van der Waals surface area contributed by atoms with Gasteiger partial charge in [0.2, 0.25) is 0 Å². The zero-order valence-corrected chi connectivity index (χ0v) is 5.33. The first-order valence-corrected chi connectivity index (χ1v) is 3.09. The second kappa shape index (κ2) is 2.10. The van der Waals surface area contributed by atoms with Crippen molar-refractivity contribution in [2.75, 3.05) is 0 Å². The van der Waals surface area contributed by atoms with Crippen molar-refractivity contribution in [3.05, 3.63) is 42.7 Å². The first kappa shape index (κ1) is 5.42. The van der Waals surface area contributed by atoms with E-state index in [4.69, 9.17) is 0 Å². The zero-order valence-electron chi connectivity index (χ0n) is 5.33. The molecule has 0 amide bonds. The van der Waals surface area contributed by atoms with Gasteiger partial charge in [-0.25, -0.2) is 0 Å². The smallest absolute Gasteiger partial charge is 0.0970 e. The predicted molar refractivity (Wildman–Crippen MR) is 39.4 cm³/mol. The highest BCUT2D eigenvalue weighted by Crippen LogP contribution is 2.08. The van der Waals surface area contributed by atoms with Crippen LogP contribution in [-0.2, 0) is 0 Å². The SMILES string of the molecule is [c]1ccc2ccn[c]c2c1. The van der Waals surface area contributed by atoms with E-state index >= 15 is 0 Å². The fourth-order valence-electron chi connectivity index (χ4n) is 0.909. The van der Waals surface area contributed by atoms with Crippen LogP contribution in [-0.4, -0.2) is 4.98 Å². The first-order valence-electron chi connectivity index (χ1n) is 3.09. The molecule has 0 aliphatic carbocycles. The monoisotopic (exact) mass is 127 g/mol. The highest BCUT2D eigenvalue weighted by Gasteiger charge is 1.87. The maximum Gasteiger partial charge on any atom is 0.0970 e. The Balaban J connectivity index is 2.89. The van der Waals surface area contributed by atoms with Gasteiger partial charge in [0.05, 0.1) is 6.20 Å². The number of hydrogen-bond donors (Lipinski definition) is 0. The van der Waals surface area contributed by atoms with Crippen LogP contribution in [0.25, 0.3) is 10.8 Å². The summed E-state index contributed by atoms with van der Waals surface area (Å²) in [7, 11) is 0. The van der Waals surface area contributed by atoms with E-state index in [9.17, 15) is 0 Å². The molecule has 0 fully saturated rings. The maximum absolute atomic E-state index is 3.87. The van der Waals surface area contributed by atoms with Crippen molar-refractivity contribution in [1.82, 2.24) is 4.98 Å². The van der Waals surface area contributed by atoms with Crippen molar-refractivity contribution in [3.63, 3.8) is 0 Å². The summed E-state index contributed by atoms with van der Waals surface area (Å²) in [6.07, 6.45) is 4.61. The fraction of sp³-hybridized carbons (Fsp3) is 0. The lowest BCUT2D eigenvalue weighted by atomic mass is 10.2. The molecule has 0 N–H and O–H groups in total. The molecule has 2 aromatic rings. The van der Waals surface area contributed by atoms with Crippen LogP contribution in [0.2, 0.25) is 0 Å². The number of aromatic nitrogens is 1. The fourth-order valence-corrected chi connectivity index (χ4v) is 0.909. The van der Waals surface area contributed by atoms with Gasteiger partial charge < -0.3 is 0 Å². The maximum atomic E-state index is 3.87. The molecule has 1 nitrogen and oxygen atoms in total. The van der Waals surface area contributed by atoms with Crippen LogP contribution in [0.3, 0.4) is 0 Å². The molecule has 2 radical (unpaired) electrons. The van der Waals surface area contributed by atoms with Crippen molar-refractivity contribution < 1.29 is 0 Å². The van der Waals surface area contributed by atoms with Crippen LogP contribution in [0.5, 0.6) is 0 Å². The lowest BCUT2D eigenvalue weighted by molar-refractivity contribution is 1.35. The Kier molecular flexibility index (Phi) is 1.14. The number of hydrogen-bond acceptors (Lipinski definition) is 1. The van der Waals surface area contributed by atoms with Gasteiger partial charge in [0.1, 0.15) is 0 Å². The average Bonchev–Trinajstić information content (AvgIpc) is 2.05. The van der Waals surface area contributed by atoms with E-state index in [-0.39, 0.29) is 0 Å². The van der Waals surface area contributed by atoms with Gasteiger partial charge in [0, 0.05) is 11.6 Å². The Morgan fingerprint density at radius 3 is 3.20 bits per heavy atom. The van der Waals surface area contributed by atoms with E-state index in [1.807, 2.05) is 24.3 Å². The minimum atomic E-state index is 1.02. The van der Waals surface area contributed by atoms with Crippen LogP contribution in [0.4, 0.5) is 0 Å². The number of rotatable bonds is 0. The third kappa shape index (κ3) is 0.760. The molecule has 0 bridgehead atoms. The minimum absolute atomic E-state index is 1.02. The van der Waals surface area contributed by atoms with Crippen molar-refractivity contribution in [2.24, 2.45) is 0 Å². The van der Waals surface area contributed by atoms with Gasteiger partial charge in [-0.3, -0.25) is 4.98 Å². The molecule has 1 heterocycles. The van der Waals surface area contributed by atoms with E-state index in [1.165, 1.54) is 0 Å². The molecule has 10 heavy (non-hydrogen) atoms. The van der Waals surface area contributed by atoms with Gasteiger partial charge in [-0.1, -0.05) is 12.1 Å². The van der Waals surface area contributed by atoms with E-state index in [1.54, 1.807) is 6.20 Å². The van der Waals surface area contributed by atoms with Crippen LogP contribution in [0.15, 0.2) is 30.5 Å². The Bertz CT molecular complexity index is 276. The highest BCUT2D eigenvalue weighted by molar-refractivity contribution is 5.80. The molecule has 1 aromatic heterocycles. The molecule has 46 valence electrons. The Hall–Kier alpha value is -1.37. The quantitative estimate of drug-likeness (QED) is 0.526. The number of pyridine rings is 1. The average molecular weight is 127 g/mol. The molecule has 1 heteroatoms. The van der Waals surface area contributed by atoms with Crippen LogP contribution >= 0.6 is 0 Å². The third-order valence-corrected chi connectivity index (χ3v) is 1.41. The first-order chi connectivity index (χ1) is 4.97. The zero-order chi connectivity index (χ0) is 6.81. The Labute approximate surface area is 59.3 Å². The third-order valence-electron chi connectivity index (χ3n) is 1.41. The van der Waals surface area contributed by atoms with Gasteiger partial charge in [-0.2, -0.15) is 0 Å². The van der Waals surface area contributed by atoms with Crippen LogP contribution < -0.4 is 0 Å². The molecule has 0 atom stereocenters. The highest BCUT2D eigenvalue weighted by atomic mass is 14.6. The van der Waals surface area contributed by atoms with Gasteiger partial charge in [0.15, 0.2) is 0 Å². The van der Waals surface area contributed by atoms with Crippen molar-refractivity contribution >= 4 is 10.8 Å². The summed E-state index contributed by atoms with van der Waals surface area (Å²) in [5, 5.41) is 2.18. The molecule has 0 saturated carbocycles. The Morgan fingerprint density at radius 2 is 2.30 bits per heavy atom. The van der Waals surface area contributed by atoms with Crippen molar-refractivity contribution in [2.45, 2.75) is 0 Å². The van der Waals surface area contributed by atoms with Crippen molar-refractivity contribution in [3.8, 4) is 0 Å². The normalized spacial score (nSPS) is 10.0. The number of fused-ring (bicyclic) bond motifs is 1. The molecule has 2 rings (SSSR count). The lowest BCUT2D eigenvalue weighted by Gasteiger charge is -1.90. The second-order valence-corrected chi connectivity index (χ2v) is 2.07. The van der Waals surface area contributed by atoms with Gasteiger partial charge in [-0.15, -0.1) is 0 Å². The minimum Gasteiger partial charge on any atom is -0.254 e. The summed E-state index contributed by atoms with van der Waals surface area (Å²) in [6, 6.07) is 10.7. The van der Waals surface area contributed by atoms with E-state index in [0.717, 1.165) is 10.8 Å². The summed E-state index contributed by atoms with van der Waals surface area (Å²) < 4.78 is 0. The molecular weight excluding hydrogens is 122 g/mol. The summed E-state index contributed by atoms with van der Waals surface area (Å²) in [6.45, 7) is 0. The molecular formula is C9H5N.